The van der Waals surface area contributed by atoms with E-state index in [1.807, 2.05) is 0 Å². The average molecular weight is 263 g/mol. The van der Waals surface area contributed by atoms with Crippen LogP contribution in [0.25, 0.3) is 0 Å². The van der Waals surface area contributed by atoms with Gasteiger partial charge in [0.25, 0.3) is 0 Å². The smallest absolute Gasteiger partial charge is 0.199 e. The molecule has 0 aliphatic rings. The standard InChI is InChI=1S/C13H30OSSi/c1-6-7-8-9-10-11-13(15)16(4,5)14-12(2)3/h12-13,15H,6-11H2,1-5H3. The first-order valence-electron chi connectivity index (χ1n) is 6.76. The number of hydrogen-bond acceptors (Lipinski definition) is 2. The largest absolute Gasteiger partial charge is 0.414 e. The lowest BCUT2D eigenvalue weighted by atomic mass is 10.1. The van der Waals surface area contributed by atoms with Crippen LogP contribution < -0.4 is 0 Å². The van der Waals surface area contributed by atoms with Crippen molar-refractivity contribution in [3.8, 4) is 0 Å². The van der Waals surface area contributed by atoms with Gasteiger partial charge in [-0.1, -0.05) is 39.0 Å². The third-order valence-corrected chi connectivity index (χ3v) is 8.02. The Balaban J connectivity index is 3.73. The molecule has 0 radical (unpaired) electrons. The molecule has 98 valence electrons. The number of rotatable bonds is 9. The molecule has 0 amide bonds. The van der Waals surface area contributed by atoms with Gasteiger partial charge in [-0.05, 0) is 33.4 Å². The van der Waals surface area contributed by atoms with E-state index in [9.17, 15) is 0 Å². The normalized spacial score (nSPS) is 14.4. The fraction of sp³-hybridized carbons (Fsp3) is 1.00. The van der Waals surface area contributed by atoms with Crippen LogP contribution in [0.3, 0.4) is 0 Å². The zero-order valence-corrected chi connectivity index (χ0v) is 13.6. The maximum absolute atomic E-state index is 6.04. The van der Waals surface area contributed by atoms with E-state index in [1.165, 1.54) is 38.5 Å². The Labute approximate surface area is 109 Å². The molecule has 0 heterocycles. The van der Waals surface area contributed by atoms with E-state index in [1.54, 1.807) is 0 Å². The van der Waals surface area contributed by atoms with Crippen LogP contribution in [0.1, 0.15) is 59.3 Å². The molecule has 0 fully saturated rings. The topological polar surface area (TPSA) is 9.23 Å². The van der Waals surface area contributed by atoms with Gasteiger partial charge in [0.05, 0.1) is 0 Å². The maximum Gasteiger partial charge on any atom is 0.199 e. The van der Waals surface area contributed by atoms with Crippen molar-refractivity contribution in [3.05, 3.63) is 0 Å². The Morgan fingerprint density at radius 2 is 1.62 bits per heavy atom. The molecule has 0 spiro atoms. The van der Waals surface area contributed by atoms with E-state index in [-0.39, 0.29) is 0 Å². The first-order chi connectivity index (χ1) is 7.40. The van der Waals surface area contributed by atoms with Crippen molar-refractivity contribution < 1.29 is 4.43 Å². The van der Waals surface area contributed by atoms with E-state index in [0.29, 0.717) is 11.0 Å². The van der Waals surface area contributed by atoms with Crippen LogP contribution in [0.5, 0.6) is 0 Å². The minimum Gasteiger partial charge on any atom is -0.414 e. The SMILES string of the molecule is CCCCCCCC(S)[Si](C)(C)OC(C)C. The highest BCUT2D eigenvalue weighted by Gasteiger charge is 2.31. The van der Waals surface area contributed by atoms with Crippen molar-refractivity contribution in [2.24, 2.45) is 0 Å². The first-order valence-corrected chi connectivity index (χ1v) is 10.3. The quantitative estimate of drug-likeness (QED) is 0.356. The van der Waals surface area contributed by atoms with Crippen molar-refractivity contribution >= 4 is 20.9 Å². The molecule has 1 unspecified atom stereocenters. The average Bonchev–Trinajstić information content (AvgIpc) is 2.15. The van der Waals surface area contributed by atoms with Gasteiger partial charge in [0.1, 0.15) is 0 Å². The van der Waals surface area contributed by atoms with Crippen LogP contribution in [-0.2, 0) is 4.43 Å². The summed E-state index contributed by atoms with van der Waals surface area (Å²) >= 11 is 4.75. The lowest BCUT2D eigenvalue weighted by Gasteiger charge is -2.31. The molecule has 0 saturated heterocycles. The number of unbranched alkanes of at least 4 members (excludes halogenated alkanes) is 4. The fourth-order valence-corrected chi connectivity index (χ4v) is 4.61. The van der Waals surface area contributed by atoms with Gasteiger partial charge in [0.15, 0.2) is 8.32 Å². The molecule has 1 atom stereocenters. The Kier molecular flexibility index (Phi) is 8.88. The Morgan fingerprint density at radius 3 is 2.12 bits per heavy atom. The summed E-state index contributed by atoms with van der Waals surface area (Å²) in [5, 5.41) is 0. The summed E-state index contributed by atoms with van der Waals surface area (Å²) in [6.45, 7) is 11.1. The van der Waals surface area contributed by atoms with Gasteiger partial charge in [-0.2, -0.15) is 12.6 Å². The van der Waals surface area contributed by atoms with Crippen molar-refractivity contribution in [2.45, 2.75) is 83.4 Å². The molecule has 0 rings (SSSR count). The minimum atomic E-state index is -1.57. The van der Waals surface area contributed by atoms with Gasteiger partial charge in [-0.15, -0.1) is 0 Å². The Bertz CT molecular complexity index is 171. The van der Waals surface area contributed by atoms with Crippen molar-refractivity contribution in [3.63, 3.8) is 0 Å². The summed E-state index contributed by atoms with van der Waals surface area (Å²) in [6, 6.07) is 0. The van der Waals surface area contributed by atoms with Gasteiger partial charge in [0, 0.05) is 11.0 Å². The summed E-state index contributed by atoms with van der Waals surface area (Å²) in [5.74, 6) is 0. The minimum absolute atomic E-state index is 0.344. The molecule has 0 aromatic heterocycles. The summed E-state index contributed by atoms with van der Waals surface area (Å²) in [4.78, 5) is 0.483. The Hall–Kier alpha value is 0.527. The highest BCUT2D eigenvalue weighted by molar-refractivity contribution is 7.83. The molecule has 0 aliphatic heterocycles. The lowest BCUT2D eigenvalue weighted by molar-refractivity contribution is 0.229. The van der Waals surface area contributed by atoms with Gasteiger partial charge < -0.3 is 4.43 Å². The third kappa shape index (κ3) is 7.74. The molecule has 16 heavy (non-hydrogen) atoms. The second kappa shape index (κ2) is 8.59. The van der Waals surface area contributed by atoms with Crippen LogP contribution in [-0.4, -0.2) is 19.3 Å². The molecule has 0 N–H and O–H groups in total. The van der Waals surface area contributed by atoms with Gasteiger partial charge in [0.2, 0.25) is 0 Å². The molecule has 0 aromatic rings. The van der Waals surface area contributed by atoms with Crippen LogP contribution in [0, 0.1) is 0 Å². The highest BCUT2D eigenvalue weighted by Crippen LogP contribution is 2.23. The maximum atomic E-state index is 6.04. The Morgan fingerprint density at radius 1 is 1.06 bits per heavy atom. The summed E-state index contributed by atoms with van der Waals surface area (Å²) < 4.78 is 6.04. The predicted molar refractivity (Wildman–Crippen MR) is 79.9 cm³/mol. The van der Waals surface area contributed by atoms with E-state index in [4.69, 9.17) is 17.1 Å². The summed E-state index contributed by atoms with van der Waals surface area (Å²) in [6.07, 6.45) is 8.31. The second-order valence-corrected chi connectivity index (χ2v) is 10.7. The molecular formula is C13H30OSSi. The molecule has 0 saturated carbocycles. The van der Waals surface area contributed by atoms with E-state index in [0.717, 1.165) is 0 Å². The van der Waals surface area contributed by atoms with E-state index >= 15 is 0 Å². The van der Waals surface area contributed by atoms with Gasteiger partial charge in [-0.25, -0.2) is 0 Å². The third-order valence-electron chi connectivity index (χ3n) is 2.92. The van der Waals surface area contributed by atoms with Crippen molar-refractivity contribution in [1.82, 2.24) is 0 Å². The lowest BCUT2D eigenvalue weighted by Crippen LogP contribution is -2.43. The zero-order chi connectivity index (χ0) is 12.6. The highest BCUT2D eigenvalue weighted by atomic mass is 32.1. The van der Waals surface area contributed by atoms with Gasteiger partial charge in [-0.3, -0.25) is 0 Å². The first kappa shape index (κ1) is 16.5. The van der Waals surface area contributed by atoms with Crippen molar-refractivity contribution in [2.75, 3.05) is 0 Å². The molecule has 0 aromatic carbocycles. The molecule has 0 aliphatic carbocycles. The van der Waals surface area contributed by atoms with Crippen LogP contribution in [0.2, 0.25) is 13.1 Å². The zero-order valence-electron chi connectivity index (χ0n) is 11.8. The van der Waals surface area contributed by atoms with E-state index < -0.39 is 8.32 Å². The van der Waals surface area contributed by atoms with Crippen molar-refractivity contribution in [1.29, 1.82) is 0 Å². The summed E-state index contributed by atoms with van der Waals surface area (Å²) in [5.41, 5.74) is 0. The van der Waals surface area contributed by atoms with Gasteiger partial charge >= 0.3 is 0 Å². The predicted octanol–water partition coefficient (Wildman–Crippen LogP) is 4.81. The van der Waals surface area contributed by atoms with Crippen LogP contribution in [0.4, 0.5) is 0 Å². The molecule has 0 bridgehead atoms. The summed E-state index contributed by atoms with van der Waals surface area (Å²) in [7, 11) is -1.57. The van der Waals surface area contributed by atoms with E-state index in [2.05, 4.69) is 33.9 Å². The number of hydrogen-bond donors (Lipinski definition) is 1. The number of thiol groups is 1. The molecular weight excluding hydrogens is 232 g/mol. The molecule has 3 heteroatoms. The van der Waals surface area contributed by atoms with Crippen LogP contribution in [0.15, 0.2) is 0 Å². The van der Waals surface area contributed by atoms with Crippen LogP contribution >= 0.6 is 12.6 Å². The molecule has 1 nitrogen and oxygen atoms in total. The second-order valence-electron chi connectivity index (χ2n) is 5.49. The monoisotopic (exact) mass is 262 g/mol. The fourth-order valence-electron chi connectivity index (χ4n) is 1.97.